The van der Waals surface area contributed by atoms with E-state index < -0.39 is 5.60 Å². The summed E-state index contributed by atoms with van der Waals surface area (Å²) in [7, 11) is 1.82. The molecule has 142 valence electrons. The molecule has 1 aliphatic carbocycles. The standard InChI is InChI=1S/C18H24BrN3O3S/c1-18(2,3)25-17(23)22(4)11-5-7-12(8-6-11)24-15-14-13(19)9-26-16(14)21-10-20-15/h9-12H,5-8H2,1-4H3/t11-,12-. The number of hydrogen-bond donors (Lipinski definition) is 0. The van der Waals surface area contributed by atoms with Crippen LogP contribution >= 0.6 is 27.3 Å². The number of nitrogens with zero attached hydrogens (tertiary/aromatic N) is 3. The molecular weight excluding hydrogens is 418 g/mol. The first kappa shape index (κ1) is 19.4. The predicted molar refractivity (Wildman–Crippen MR) is 106 cm³/mol. The van der Waals surface area contributed by atoms with Crippen molar-refractivity contribution in [3.63, 3.8) is 0 Å². The maximum absolute atomic E-state index is 12.2. The summed E-state index contributed by atoms with van der Waals surface area (Å²) in [6.07, 6.45) is 4.92. The zero-order chi connectivity index (χ0) is 18.9. The normalized spacial score (nSPS) is 20.8. The van der Waals surface area contributed by atoms with Crippen LogP contribution in [0.2, 0.25) is 0 Å². The fraction of sp³-hybridized carbons (Fsp3) is 0.611. The highest BCUT2D eigenvalue weighted by molar-refractivity contribution is 9.10. The van der Waals surface area contributed by atoms with Gasteiger partial charge < -0.3 is 14.4 Å². The molecule has 0 N–H and O–H groups in total. The Hall–Kier alpha value is -1.41. The van der Waals surface area contributed by atoms with Crippen LogP contribution in [0.3, 0.4) is 0 Å². The Labute approximate surface area is 166 Å². The number of thiophene rings is 1. The van der Waals surface area contributed by atoms with E-state index in [1.807, 2.05) is 33.2 Å². The van der Waals surface area contributed by atoms with Crippen LogP contribution in [0.15, 0.2) is 16.2 Å². The Bertz CT molecular complexity index is 782. The molecule has 0 saturated heterocycles. The minimum atomic E-state index is -0.474. The van der Waals surface area contributed by atoms with Gasteiger partial charge in [0, 0.05) is 22.9 Å². The Morgan fingerprint density at radius 1 is 1.27 bits per heavy atom. The molecule has 1 aliphatic rings. The van der Waals surface area contributed by atoms with Gasteiger partial charge in [-0.3, -0.25) is 0 Å². The highest BCUT2D eigenvalue weighted by atomic mass is 79.9. The fourth-order valence-electron chi connectivity index (χ4n) is 3.10. The molecule has 0 bridgehead atoms. The van der Waals surface area contributed by atoms with E-state index in [1.165, 1.54) is 0 Å². The molecule has 0 spiro atoms. The maximum Gasteiger partial charge on any atom is 0.410 e. The molecule has 2 heterocycles. The van der Waals surface area contributed by atoms with E-state index in [0.717, 1.165) is 40.4 Å². The van der Waals surface area contributed by atoms with Crippen LogP contribution in [0.1, 0.15) is 46.5 Å². The first-order valence-corrected chi connectivity index (χ1v) is 10.4. The van der Waals surface area contributed by atoms with E-state index in [4.69, 9.17) is 9.47 Å². The van der Waals surface area contributed by atoms with Crippen LogP contribution in [0.4, 0.5) is 4.79 Å². The minimum absolute atomic E-state index is 0.100. The number of fused-ring (bicyclic) bond motifs is 1. The van der Waals surface area contributed by atoms with Crippen LogP contribution in [-0.2, 0) is 4.74 Å². The van der Waals surface area contributed by atoms with Crippen LogP contribution < -0.4 is 4.74 Å². The first-order chi connectivity index (χ1) is 12.2. The molecular formula is C18H24BrN3O3S. The van der Waals surface area contributed by atoms with Gasteiger partial charge in [-0.1, -0.05) is 0 Å². The summed E-state index contributed by atoms with van der Waals surface area (Å²) in [6, 6.07) is 0.183. The molecule has 8 heteroatoms. The molecule has 1 fully saturated rings. The highest BCUT2D eigenvalue weighted by Gasteiger charge is 2.30. The van der Waals surface area contributed by atoms with Gasteiger partial charge in [0.25, 0.3) is 0 Å². The summed E-state index contributed by atoms with van der Waals surface area (Å²) in [5, 5.41) is 2.93. The van der Waals surface area contributed by atoms with Crippen molar-refractivity contribution >= 4 is 43.6 Å². The Morgan fingerprint density at radius 2 is 1.96 bits per heavy atom. The summed E-state index contributed by atoms with van der Waals surface area (Å²) < 4.78 is 12.6. The van der Waals surface area contributed by atoms with Crippen molar-refractivity contribution in [3.8, 4) is 5.88 Å². The van der Waals surface area contributed by atoms with E-state index in [0.29, 0.717) is 5.88 Å². The van der Waals surface area contributed by atoms with Crippen LogP contribution in [0.25, 0.3) is 10.2 Å². The number of rotatable bonds is 3. The lowest BCUT2D eigenvalue weighted by molar-refractivity contribution is 0.0138. The molecule has 0 unspecified atom stereocenters. The smallest absolute Gasteiger partial charge is 0.410 e. The third-order valence-corrected chi connectivity index (χ3v) is 6.26. The minimum Gasteiger partial charge on any atom is -0.474 e. The van der Waals surface area contributed by atoms with E-state index >= 15 is 0 Å². The molecule has 1 saturated carbocycles. The third kappa shape index (κ3) is 4.46. The van der Waals surface area contributed by atoms with Crippen molar-refractivity contribution in [1.82, 2.24) is 14.9 Å². The zero-order valence-electron chi connectivity index (χ0n) is 15.5. The predicted octanol–water partition coefficient (Wildman–Crippen LogP) is 5.01. The van der Waals surface area contributed by atoms with Gasteiger partial charge in [0.1, 0.15) is 22.9 Å². The Morgan fingerprint density at radius 3 is 2.62 bits per heavy atom. The number of carbonyl (C=O) groups is 1. The largest absolute Gasteiger partial charge is 0.474 e. The second-order valence-corrected chi connectivity index (χ2v) is 9.29. The van der Waals surface area contributed by atoms with E-state index in [1.54, 1.807) is 22.6 Å². The van der Waals surface area contributed by atoms with Gasteiger partial charge >= 0.3 is 6.09 Å². The lowest BCUT2D eigenvalue weighted by Gasteiger charge is -2.35. The summed E-state index contributed by atoms with van der Waals surface area (Å²) >= 11 is 5.11. The molecule has 2 aromatic heterocycles. The van der Waals surface area contributed by atoms with Crippen molar-refractivity contribution in [3.05, 3.63) is 16.2 Å². The number of ether oxygens (including phenoxy) is 2. The molecule has 3 rings (SSSR count). The van der Waals surface area contributed by atoms with Gasteiger partial charge in [-0.05, 0) is 62.4 Å². The van der Waals surface area contributed by atoms with E-state index in [2.05, 4.69) is 25.9 Å². The van der Waals surface area contributed by atoms with Gasteiger partial charge in [-0.15, -0.1) is 11.3 Å². The quantitative estimate of drug-likeness (QED) is 0.669. The van der Waals surface area contributed by atoms with Gasteiger partial charge in [-0.2, -0.15) is 0 Å². The lowest BCUT2D eigenvalue weighted by atomic mass is 9.92. The average Bonchev–Trinajstić information content (AvgIpc) is 2.96. The maximum atomic E-state index is 12.2. The number of amides is 1. The summed E-state index contributed by atoms with van der Waals surface area (Å²) in [5.74, 6) is 0.632. The molecule has 0 atom stereocenters. The number of aromatic nitrogens is 2. The second-order valence-electron chi connectivity index (χ2n) is 7.58. The average molecular weight is 442 g/mol. The molecule has 0 aliphatic heterocycles. The van der Waals surface area contributed by atoms with Gasteiger partial charge in [0.05, 0.1) is 5.39 Å². The molecule has 0 aromatic carbocycles. The van der Waals surface area contributed by atoms with Crippen LogP contribution in [0, 0.1) is 0 Å². The monoisotopic (exact) mass is 441 g/mol. The lowest BCUT2D eigenvalue weighted by Crippen LogP contribution is -2.43. The molecule has 6 nitrogen and oxygen atoms in total. The van der Waals surface area contributed by atoms with E-state index in [9.17, 15) is 4.79 Å². The van der Waals surface area contributed by atoms with Gasteiger partial charge in [0.15, 0.2) is 0 Å². The van der Waals surface area contributed by atoms with Crippen LogP contribution in [-0.4, -0.2) is 45.8 Å². The molecule has 26 heavy (non-hydrogen) atoms. The molecule has 1 amide bonds. The van der Waals surface area contributed by atoms with Crippen molar-refractivity contribution in [1.29, 1.82) is 0 Å². The number of hydrogen-bond acceptors (Lipinski definition) is 6. The van der Waals surface area contributed by atoms with Crippen LogP contribution in [0.5, 0.6) is 5.88 Å². The SMILES string of the molecule is CN(C(=O)OC(C)(C)C)[C@H]1CC[C@H](Oc2ncnc3scc(Br)c23)CC1. The highest BCUT2D eigenvalue weighted by Crippen LogP contribution is 2.36. The van der Waals surface area contributed by atoms with Gasteiger partial charge in [0.2, 0.25) is 5.88 Å². The van der Waals surface area contributed by atoms with Crippen molar-refractivity contribution in [2.45, 2.75) is 64.2 Å². The summed E-state index contributed by atoms with van der Waals surface area (Å²) in [5.41, 5.74) is -0.474. The molecule has 0 radical (unpaired) electrons. The van der Waals surface area contributed by atoms with Crippen molar-refractivity contribution < 1.29 is 14.3 Å². The fourth-order valence-corrected chi connectivity index (χ4v) is 4.62. The Kier molecular flexibility index (Phi) is 5.72. The summed E-state index contributed by atoms with van der Waals surface area (Å²) in [6.45, 7) is 5.65. The van der Waals surface area contributed by atoms with Gasteiger partial charge in [-0.25, -0.2) is 14.8 Å². The topological polar surface area (TPSA) is 64.6 Å². The number of carbonyl (C=O) groups excluding carboxylic acids is 1. The second kappa shape index (κ2) is 7.68. The molecule has 2 aromatic rings. The van der Waals surface area contributed by atoms with E-state index in [-0.39, 0.29) is 18.2 Å². The van der Waals surface area contributed by atoms with Crippen molar-refractivity contribution in [2.75, 3.05) is 7.05 Å². The van der Waals surface area contributed by atoms with Crippen molar-refractivity contribution in [2.24, 2.45) is 0 Å². The first-order valence-electron chi connectivity index (χ1n) is 8.75. The summed E-state index contributed by atoms with van der Waals surface area (Å²) in [4.78, 5) is 23.5. The zero-order valence-corrected chi connectivity index (χ0v) is 17.9. The number of halogens is 1. The third-order valence-electron chi connectivity index (χ3n) is 4.44. The Balaban J connectivity index is 1.58.